The Morgan fingerprint density at radius 2 is 1.68 bits per heavy atom. The second-order valence-corrected chi connectivity index (χ2v) is 9.06. The third kappa shape index (κ3) is 6.95. The topological polar surface area (TPSA) is 111 Å². The van der Waals surface area contributed by atoms with Gasteiger partial charge in [0.05, 0.1) is 14.2 Å². The van der Waals surface area contributed by atoms with Crippen LogP contribution in [-0.2, 0) is 25.8 Å². The number of carbonyl (C=O) groups excluding carboxylic acids is 2. The Hall–Kier alpha value is -3.14. The van der Waals surface area contributed by atoms with E-state index in [9.17, 15) is 22.4 Å². The van der Waals surface area contributed by atoms with Gasteiger partial charge in [-0.25, -0.2) is 12.8 Å². The van der Waals surface area contributed by atoms with Crippen molar-refractivity contribution in [2.24, 2.45) is 0 Å². The van der Waals surface area contributed by atoms with Gasteiger partial charge in [0.2, 0.25) is 11.8 Å². The van der Waals surface area contributed by atoms with Crippen LogP contribution in [-0.4, -0.2) is 52.0 Å². The number of hydrogen-bond acceptors (Lipinski definition) is 6. The van der Waals surface area contributed by atoms with E-state index in [0.29, 0.717) is 17.9 Å². The molecule has 0 radical (unpaired) electrons. The molecule has 31 heavy (non-hydrogen) atoms. The molecule has 168 valence electrons. The molecule has 1 unspecified atom stereocenters. The first-order valence-corrected chi connectivity index (χ1v) is 11.1. The summed E-state index contributed by atoms with van der Waals surface area (Å²) >= 11 is 0. The number of halogens is 1. The SMILES string of the molecule is COc1ccc(CCNC(=O)C(C)S(=O)(=O)CC(=O)Nc2ccc(F)cc2)cc1OC. The number of nitrogens with one attached hydrogen (secondary N) is 2. The number of benzene rings is 2. The molecule has 2 amide bonds. The molecule has 8 nitrogen and oxygen atoms in total. The molecule has 0 saturated carbocycles. The fourth-order valence-electron chi connectivity index (χ4n) is 2.71. The van der Waals surface area contributed by atoms with Crippen molar-refractivity contribution < 1.29 is 31.9 Å². The predicted molar refractivity (Wildman–Crippen MR) is 115 cm³/mol. The standard InChI is InChI=1S/C21H25FN2O6S/c1-14(31(27,28)13-20(25)24-17-7-5-16(22)6-8-17)21(26)23-11-10-15-4-9-18(29-2)19(12-15)30-3/h4-9,12,14H,10-11,13H2,1-3H3,(H,23,26)(H,24,25). The minimum Gasteiger partial charge on any atom is -0.493 e. The van der Waals surface area contributed by atoms with Gasteiger partial charge in [-0.2, -0.15) is 0 Å². The molecule has 2 rings (SSSR count). The van der Waals surface area contributed by atoms with E-state index >= 15 is 0 Å². The molecule has 0 aromatic heterocycles. The van der Waals surface area contributed by atoms with Gasteiger partial charge in [-0.3, -0.25) is 9.59 Å². The van der Waals surface area contributed by atoms with Crippen molar-refractivity contribution in [3.05, 3.63) is 53.8 Å². The van der Waals surface area contributed by atoms with Crippen LogP contribution in [0.5, 0.6) is 11.5 Å². The molecule has 0 heterocycles. The number of methoxy groups -OCH3 is 2. The maximum absolute atomic E-state index is 12.9. The summed E-state index contributed by atoms with van der Waals surface area (Å²) in [5, 5.41) is 3.53. The average Bonchev–Trinajstić information content (AvgIpc) is 2.74. The van der Waals surface area contributed by atoms with Crippen LogP contribution in [0.1, 0.15) is 12.5 Å². The highest BCUT2D eigenvalue weighted by molar-refractivity contribution is 7.93. The van der Waals surface area contributed by atoms with Gasteiger partial charge in [0.25, 0.3) is 0 Å². The van der Waals surface area contributed by atoms with E-state index in [4.69, 9.17) is 9.47 Å². The lowest BCUT2D eigenvalue weighted by molar-refractivity contribution is -0.120. The van der Waals surface area contributed by atoms with E-state index in [1.54, 1.807) is 12.1 Å². The number of anilines is 1. The fraction of sp³-hybridized carbons (Fsp3) is 0.333. The summed E-state index contributed by atoms with van der Waals surface area (Å²) in [5.74, 6) is -1.73. The summed E-state index contributed by atoms with van der Waals surface area (Å²) in [7, 11) is -0.993. The highest BCUT2D eigenvalue weighted by Crippen LogP contribution is 2.27. The molecular formula is C21H25FN2O6S. The number of ether oxygens (including phenoxy) is 2. The number of sulfone groups is 1. The van der Waals surface area contributed by atoms with Crippen LogP contribution in [0.2, 0.25) is 0 Å². The van der Waals surface area contributed by atoms with E-state index in [1.165, 1.54) is 33.3 Å². The Bertz CT molecular complexity index is 1020. The molecule has 2 aromatic carbocycles. The average molecular weight is 453 g/mol. The second kappa shape index (κ2) is 10.8. The van der Waals surface area contributed by atoms with Gasteiger partial charge in [0.15, 0.2) is 21.3 Å². The summed E-state index contributed by atoms with van der Waals surface area (Å²) in [6.07, 6.45) is 0.448. The minimum atomic E-state index is -4.04. The summed E-state index contributed by atoms with van der Waals surface area (Å²) in [5.41, 5.74) is 1.13. The Labute approximate surface area is 180 Å². The molecule has 2 N–H and O–H groups in total. The first-order valence-electron chi connectivity index (χ1n) is 9.42. The van der Waals surface area contributed by atoms with Gasteiger partial charge in [-0.05, 0) is 55.3 Å². The third-order valence-electron chi connectivity index (χ3n) is 4.53. The molecule has 0 aliphatic carbocycles. The van der Waals surface area contributed by atoms with E-state index in [0.717, 1.165) is 17.7 Å². The Kier molecular flexibility index (Phi) is 8.38. The van der Waals surface area contributed by atoms with Crippen molar-refractivity contribution in [3.8, 4) is 11.5 Å². The first kappa shape index (κ1) is 24.1. The van der Waals surface area contributed by atoms with Gasteiger partial charge >= 0.3 is 0 Å². The highest BCUT2D eigenvalue weighted by Gasteiger charge is 2.30. The highest BCUT2D eigenvalue weighted by atomic mass is 32.2. The molecule has 1 atom stereocenters. The zero-order valence-electron chi connectivity index (χ0n) is 17.5. The van der Waals surface area contributed by atoms with Crippen LogP contribution in [0.25, 0.3) is 0 Å². The lowest BCUT2D eigenvalue weighted by atomic mass is 10.1. The second-order valence-electron chi connectivity index (χ2n) is 6.73. The van der Waals surface area contributed by atoms with Gasteiger partial charge in [-0.1, -0.05) is 6.07 Å². The van der Waals surface area contributed by atoms with Crippen LogP contribution >= 0.6 is 0 Å². The zero-order valence-corrected chi connectivity index (χ0v) is 18.3. The molecule has 0 aliphatic heterocycles. The van der Waals surface area contributed by atoms with Crippen LogP contribution < -0.4 is 20.1 Å². The fourth-order valence-corrected chi connectivity index (χ4v) is 3.81. The molecule has 0 spiro atoms. The molecule has 0 bridgehead atoms. The van der Waals surface area contributed by atoms with Crippen molar-refractivity contribution in [2.45, 2.75) is 18.6 Å². The van der Waals surface area contributed by atoms with Gasteiger partial charge in [0.1, 0.15) is 16.8 Å². The molecule has 0 fully saturated rings. The number of carbonyl (C=O) groups is 2. The zero-order chi connectivity index (χ0) is 23.0. The first-order chi connectivity index (χ1) is 14.7. The smallest absolute Gasteiger partial charge is 0.239 e. The lowest BCUT2D eigenvalue weighted by Crippen LogP contribution is -2.41. The quantitative estimate of drug-likeness (QED) is 0.570. The van der Waals surface area contributed by atoms with Crippen LogP contribution in [0.4, 0.5) is 10.1 Å². The maximum atomic E-state index is 12.9. The van der Waals surface area contributed by atoms with Crippen molar-refractivity contribution in [1.29, 1.82) is 0 Å². The van der Waals surface area contributed by atoms with Gasteiger partial charge in [0, 0.05) is 12.2 Å². The Balaban J connectivity index is 1.88. The van der Waals surface area contributed by atoms with Crippen molar-refractivity contribution in [2.75, 3.05) is 31.8 Å². The lowest BCUT2D eigenvalue weighted by Gasteiger charge is -2.14. The van der Waals surface area contributed by atoms with E-state index < -0.39 is 38.5 Å². The van der Waals surface area contributed by atoms with E-state index in [1.807, 2.05) is 6.07 Å². The van der Waals surface area contributed by atoms with Crippen LogP contribution in [0.15, 0.2) is 42.5 Å². The van der Waals surface area contributed by atoms with E-state index in [-0.39, 0.29) is 12.2 Å². The van der Waals surface area contributed by atoms with Gasteiger partial charge in [-0.15, -0.1) is 0 Å². The number of amides is 2. The number of rotatable bonds is 10. The Morgan fingerprint density at radius 1 is 1.03 bits per heavy atom. The summed E-state index contributed by atoms with van der Waals surface area (Å²) in [6.45, 7) is 1.43. The number of hydrogen-bond donors (Lipinski definition) is 2. The van der Waals surface area contributed by atoms with Crippen molar-refractivity contribution in [3.63, 3.8) is 0 Å². The van der Waals surface area contributed by atoms with E-state index in [2.05, 4.69) is 10.6 Å². The maximum Gasteiger partial charge on any atom is 0.239 e. The van der Waals surface area contributed by atoms with Crippen LogP contribution in [0, 0.1) is 5.82 Å². The molecular weight excluding hydrogens is 427 g/mol. The minimum absolute atomic E-state index is 0.204. The van der Waals surface area contributed by atoms with Gasteiger partial charge < -0.3 is 20.1 Å². The monoisotopic (exact) mass is 452 g/mol. The van der Waals surface area contributed by atoms with Crippen LogP contribution in [0.3, 0.4) is 0 Å². The Morgan fingerprint density at radius 3 is 2.29 bits per heavy atom. The normalized spacial score (nSPS) is 12.0. The predicted octanol–water partition coefficient (Wildman–Crippen LogP) is 1.94. The summed E-state index contributed by atoms with van der Waals surface area (Å²) in [4.78, 5) is 24.3. The van der Waals surface area contributed by atoms with Crippen molar-refractivity contribution in [1.82, 2.24) is 5.32 Å². The van der Waals surface area contributed by atoms with Crippen molar-refractivity contribution >= 4 is 27.3 Å². The molecule has 10 heteroatoms. The molecule has 0 aliphatic rings. The summed E-state index contributed by atoms with van der Waals surface area (Å²) < 4.78 is 48.1. The molecule has 2 aromatic rings. The third-order valence-corrected chi connectivity index (χ3v) is 6.49. The summed E-state index contributed by atoms with van der Waals surface area (Å²) in [6, 6.07) is 10.2. The largest absolute Gasteiger partial charge is 0.493 e. The molecule has 0 saturated heterocycles.